The molecule has 4 rings (SSSR count). The van der Waals surface area contributed by atoms with Gasteiger partial charge in [-0.05, 0) is 44.6 Å². The maximum Gasteiger partial charge on any atom is 0.252 e. The summed E-state index contributed by atoms with van der Waals surface area (Å²) in [5.74, 6) is 2.17. The first-order chi connectivity index (χ1) is 14.3. The van der Waals surface area contributed by atoms with Crippen LogP contribution in [0, 0.1) is 0 Å². The Hall–Kier alpha value is -2.90. The minimum atomic E-state index is -0.146. The Morgan fingerprint density at radius 2 is 1.90 bits per heavy atom. The minimum absolute atomic E-state index is 0.146. The van der Waals surface area contributed by atoms with Crippen molar-refractivity contribution in [1.29, 1.82) is 0 Å². The standard InChI is InChI=1S/C21H28N6O2/c28-21(16-7-8-20(24-14-16)29-17-5-1-2-6-17)23-10-9-22-18-13-19(26-15-25-18)27-11-3-4-12-27/h7-8,13-15,17H,1-6,9-12H2,(H,23,28)(H,22,25,26). The third kappa shape index (κ3) is 5.34. The Kier molecular flexibility index (Phi) is 6.38. The Morgan fingerprint density at radius 1 is 1.07 bits per heavy atom. The fourth-order valence-corrected chi connectivity index (χ4v) is 3.79. The van der Waals surface area contributed by atoms with Gasteiger partial charge in [-0.25, -0.2) is 15.0 Å². The second-order valence-electron chi connectivity index (χ2n) is 7.55. The summed E-state index contributed by atoms with van der Waals surface area (Å²) in [6.07, 6.45) is 10.4. The van der Waals surface area contributed by atoms with Crippen molar-refractivity contribution in [1.82, 2.24) is 20.3 Å². The smallest absolute Gasteiger partial charge is 0.252 e. The van der Waals surface area contributed by atoms with Crippen LogP contribution in [0.4, 0.5) is 11.6 Å². The van der Waals surface area contributed by atoms with Gasteiger partial charge in [0.1, 0.15) is 24.1 Å². The topological polar surface area (TPSA) is 92.3 Å². The molecule has 0 unspecified atom stereocenters. The lowest BCUT2D eigenvalue weighted by Gasteiger charge is -2.16. The lowest BCUT2D eigenvalue weighted by atomic mass is 10.2. The number of aromatic nitrogens is 3. The molecule has 0 radical (unpaired) electrons. The highest BCUT2D eigenvalue weighted by atomic mass is 16.5. The van der Waals surface area contributed by atoms with Gasteiger partial charge < -0.3 is 20.3 Å². The van der Waals surface area contributed by atoms with Crippen LogP contribution in [0.3, 0.4) is 0 Å². The fraction of sp³-hybridized carbons (Fsp3) is 0.524. The Balaban J connectivity index is 1.20. The van der Waals surface area contributed by atoms with Gasteiger partial charge in [0.25, 0.3) is 5.91 Å². The summed E-state index contributed by atoms with van der Waals surface area (Å²) in [6.45, 7) is 3.16. The largest absolute Gasteiger partial charge is 0.474 e. The van der Waals surface area contributed by atoms with E-state index in [-0.39, 0.29) is 12.0 Å². The predicted molar refractivity (Wildman–Crippen MR) is 111 cm³/mol. The highest BCUT2D eigenvalue weighted by molar-refractivity contribution is 5.93. The molecule has 154 valence electrons. The van der Waals surface area contributed by atoms with Crippen LogP contribution in [-0.2, 0) is 0 Å². The number of nitrogens with one attached hydrogen (secondary N) is 2. The van der Waals surface area contributed by atoms with Crippen LogP contribution in [0.1, 0.15) is 48.9 Å². The summed E-state index contributed by atoms with van der Waals surface area (Å²) in [5.41, 5.74) is 0.530. The second kappa shape index (κ2) is 9.54. The number of hydrogen-bond acceptors (Lipinski definition) is 7. The summed E-state index contributed by atoms with van der Waals surface area (Å²) in [6, 6.07) is 5.49. The van der Waals surface area contributed by atoms with Crippen LogP contribution in [0.2, 0.25) is 0 Å². The van der Waals surface area contributed by atoms with Crippen molar-refractivity contribution in [3.63, 3.8) is 0 Å². The summed E-state index contributed by atoms with van der Waals surface area (Å²) in [4.78, 5) is 27.4. The highest BCUT2D eigenvalue weighted by Crippen LogP contribution is 2.23. The van der Waals surface area contributed by atoms with E-state index < -0.39 is 0 Å². The van der Waals surface area contributed by atoms with Crippen LogP contribution in [0.5, 0.6) is 5.88 Å². The molecule has 2 N–H and O–H groups in total. The molecule has 0 aromatic carbocycles. The average molecular weight is 396 g/mol. The van der Waals surface area contributed by atoms with Crippen LogP contribution in [0.15, 0.2) is 30.7 Å². The van der Waals surface area contributed by atoms with Crippen LogP contribution < -0.4 is 20.3 Å². The van der Waals surface area contributed by atoms with Crippen molar-refractivity contribution in [2.45, 2.75) is 44.6 Å². The van der Waals surface area contributed by atoms with E-state index >= 15 is 0 Å². The molecule has 0 spiro atoms. The zero-order valence-corrected chi connectivity index (χ0v) is 16.6. The van der Waals surface area contributed by atoms with E-state index in [0.29, 0.717) is 24.5 Å². The van der Waals surface area contributed by atoms with Gasteiger partial charge in [-0.15, -0.1) is 0 Å². The maximum absolute atomic E-state index is 12.3. The van der Waals surface area contributed by atoms with E-state index in [1.807, 2.05) is 6.07 Å². The molecule has 0 bridgehead atoms. The molecule has 0 atom stereocenters. The number of nitrogens with zero attached hydrogens (tertiary/aromatic N) is 4. The van der Waals surface area contributed by atoms with Crippen molar-refractivity contribution in [3.05, 3.63) is 36.3 Å². The molecule has 3 heterocycles. The van der Waals surface area contributed by atoms with Gasteiger partial charge >= 0.3 is 0 Å². The molecule has 2 fully saturated rings. The van der Waals surface area contributed by atoms with Crippen molar-refractivity contribution in [3.8, 4) is 5.88 Å². The van der Waals surface area contributed by atoms with Gasteiger partial charge in [0.2, 0.25) is 5.88 Å². The Morgan fingerprint density at radius 3 is 2.66 bits per heavy atom. The molecule has 1 amide bonds. The molecular formula is C21H28N6O2. The third-order valence-electron chi connectivity index (χ3n) is 5.39. The molecule has 2 aromatic rings. The van der Waals surface area contributed by atoms with Gasteiger partial charge in [0, 0.05) is 44.5 Å². The van der Waals surface area contributed by atoms with Crippen molar-refractivity contribution in [2.75, 3.05) is 36.4 Å². The predicted octanol–water partition coefficient (Wildman–Crippen LogP) is 2.64. The van der Waals surface area contributed by atoms with E-state index in [9.17, 15) is 4.79 Å². The number of pyridine rings is 1. The number of amides is 1. The zero-order chi connectivity index (χ0) is 19.9. The first-order valence-corrected chi connectivity index (χ1v) is 10.5. The fourth-order valence-electron chi connectivity index (χ4n) is 3.79. The molecule has 2 aliphatic rings. The number of hydrogen-bond donors (Lipinski definition) is 2. The number of rotatable bonds is 8. The van der Waals surface area contributed by atoms with Gasteiger partial charge in [-0.2, -0.15) is 0 Å². The van der Waals surface area contributed by atoms with Gasteiger partial charge in [0.15, 0.2) is 0 Å². The van der Waals surface area contributed by atoms with Gasteiger partial charge in [-0.3, -0.25) is 4.79 Å². The molecule has 2 aromatic heterocycles. The quantitative estimate of drug-likeness (QED) is 0.663. The average Bonchev–Trinajstić information content (AvgIpc) is 3.46. The second-order valence-corrected chi connectivity index (χ2v) is 7.55. The maximum atomic E-state index is 12.3. The molecule has 1 saturated carbocycles. The molecule has 8 nitrogen and oxygen atoms in total. The molecule has 1 saturated heterocycles. The van der Waals surface area contributed by atoms with Gasteiger partial charge in [-0.1, -0.05) is 0 Å². The Bertz CT molecular complexity index is 801. The number of carbonyl (C=O) groups excluding carboxylic acids is 1. The van der Waals surface area contributed by atoms with Crippen LogP contribution in [0.25, 0.3) is 0 Å². The van der Waals surface area contributed by atoms with E-state index in [2.05, 4.69) is 30.5 Å². The summed E-state index contributed by atoms with van der Waals surface area (Å²) in [5, 5.41) is 6.13. The van der Waals surface area contributed by atoms with Crippen molar-refractivity contribution < 1.29 is 9.53 Å². The van der Waals surface area contributed by atoms with Crippen LogP contribution in [-0.4, -0.2) is 53.1 Å². The third-order valence-corrected chi connectivity index (χ3v) is 5.39. The molecule has 8 heteroatoms. The lowest BCUT2D eigenvalue weighted by Crippen LogP contribution is -2.29. The van der Waals surface area contributed by atoms with Crippen molar-refractivity contribution in [2.24, 2.45) is 0 Å². The number of ether oxygens (including phenoxy) is 1. The monoisotopic (exact) mass is 396 g/mol. The first-order valence-electron chi connectivity index (χ1n) is 10.5. The summed E-state index contributed by atoms with van der Waals surface area (Å²) >= 11 is 0. The summed E-state index contributed by atoms with van der Waals surface area (Å²) in [7, 11) is 0. The van der Waals surface area contributed by atoms with Gasteiger partial charge in [0.05, 0.1) is 5.56 Å². The van der Waals surface area contributed by atoms with E-state index in [1.165, 1.54) is 25.7 Å². The SMILES string of the molecule is O=C(NCCNc1cc(N2CCCC2)ncn1)c1ccc(OC2CCCC2)nc1. The minimum Gasteiger partial charge on any atom is -0.474 e. The highest BCUT2D eigenvalue weighted by Gasteiger charge is 2.17. The van der Waals surface area contributed by atoms with E-state index in [0.717, 1.165) is 37.6 Å². The summed E-state index contributed by atoms with van der Waals surface area (Å²) < 4.78 is 5.84. The molecule has 1 aliphatic heterocycles. The molecule has 29 heavy (non-hydrogen) atoms. The number of carbonyl (C=O) groups is 1. The molecular weight excluding hydrogens is 368 g/mol. The van der Waals surface area contributed by atoms with E-state index in [1.54, 1.807) is 24.7 Å². The normalized spacial score (nSPS) is 16.8. The van der Waals surface area contributed by atoms with Crippen LogP contribution >= 0.6 is 0 Å². The number of anilines is 2. The zero-order valence-electron chi connectivity index (χ0n) is 16.6. The van der Waals surface area contributed by atoms with E-state index in [4.69, 9.17) is 4.74 Å². The lowest BCUT2D eigenvalue weighted by molar-refractivity contribution is 0.0954. The Labute approximate surface area is 171 Å². The van der Waals surface area contributed by atoms with Crippen molar-refractivity contribution >= 4 is 17.5 Å². The molecule has 1 aliphatic carbocycles. The first kappa shape index (κ1) is 19.4.